The number of H-pyrrole nitrogens is 1. The van der Waals surface area contributed by atoms with Gasteiger partial charge >= 0.3 is 0 Å². The van der Waals surface area contributed by atoms with Crippen molar-refractivity contribution in [3.8, 4) is 11.3 Å². The van der Waals surface area contributed by atoms with Gasteiger partial charge in [0, 0.05) is 41.8 Å². The van der Waals surface area contributed by atoms with Crippen LogP contribution in [0.25, 0.3) is 22.2 Å². The first kappa shape index (κ1) is 19.8. The molecule has 0 radical (unpaired) electrons. The van der Waals surface area contributed by atoms with Gasteiger partial charge in [0.1, 0.15) is 0 Å². The number of carbonyl (C=O) groups is 1. The fraction of sp³-hybridized carbons (Fsp3) is 0.348. The number of aromatic amines is 1. The Balaban J connectivity index is 1.47. The van der Waals surface area contributed by atoms with Gasteiger partial charge in [-0.3, -0.25) is 9.69 Å². The van der Waals surface area contributed by atoms with Crippen LogP contribution < -0.4 is 10.6 Å². The van der Waals surface area contributed by atoms with Crippen LogP contribution in [0.15, 0.2) is 48.5 Å². The number of rotatable bonds is 6. The third-order valence-corrected chi connectivity index (χ3v) is 5.68. The van der Waals surface area contributed by atoms with Crippen molar-refractivity contribution in [1.82, 2.24) is 15.2 Å². The highest BCUT2D eigenvalue weighted by atomic mass is 35.5. The van der Waals surface area contributed by atoms with Gasteiger partial charge in [0.15, 0.2) is 0 Å². The van der Waals surface area contributed by atoms with Crippen LogP contribution in [0, 0.1) is 0 Å². The lowest BCUT2D eigenvalue weighted by Crippen LogP contribution is -2.44. The summed E-state index contributed by atoms with van der Waals surface area (Å²) in [5.41, 5.74) is 4.36. The molecule has 0 bridgehead atoms. The number of anilines is 1. The van der Waals surface area contributed by atoms with Gasteiger partial charge in [-0.05, 0) is 43.5 Å². The van der Waals surface area contributed by atoms with Crippen LogP contribution in [0.5, 0.6) is 0 Å². The second-order valence-corrected chi connectivity index (χ2v) is 8.05. The van der Waals surface area contributed by atoms with Gasteiger partial charge in [0.25, 0.3) is 0 Å². The number of likely N-dealkylation sites (tertiary alicyclic amines) is 1. The molecule has 152 valence electrons. The Bertz CT molecular complexity index is 977. The Labute approximate surface area is 176 Å². The first-order valence-corrected chi connectivity index (χ1v) is 10.6. The average Bonchev–Trinajstić information content (AvgIpc) is 3.14. The maximum absolute atomic E-state index is 11.8. The molecule has 6 heteroatoms. The van der Waals surface area contributed by atoms with Crippen LogP contribution in [-0.2, 0) is 4.79 Å². The van der Waals surface area contributed by atoms with Crippen LogP contribution in [0.3, 0.4) is 0 Å². The molecule has 1 amide bonds. The molecule has 2 aromatic carbocycles. The fourth-order valence-corrected chi connectivity index (χ4v) is 4.23. The van der Waals surface area contributed by atoms with Crippen molar-refractivity contribution in [2.24, 2.45) is 0 Å². The molecule has 1 aliphatic heterocycles. The number of carbonyl (C=O) groups excluding carboxylic acids is 1. The molecular weight excluding hydrogens is 384 g/mol. The highest BCUT2D eigenvalue weighted by Gasteiger charge is 2.21. The highest BCUT2D eigenvalue weighted by molar-refractivity contribution is 6.32. The van der Waals surface area contributed by atoms with Crippen molar-refractivity contribution in [2.75, 3.05) is 31.5 Å². The van der Waals surface area contributed by atoms with Crippen molar-refractivity contribution in [2.45, 2.75) is 25.8 Å². The van der Waals surface area contributed by atoms with Crippen LogP contribution in [0.2, 0.25) is 5.02 Å². The average molecular weight is 411 g/mol. The number of benzene rings is 2. The van der Waals surface area contributed by atoms with E-state index in [0.29, 0.717) is 19.1 Å². The predicted octanol–water partition coefficient (Wildman–Crippen LogP) is 4.50. The number of halogens is 1. The molecule has 3 aromatic rings. The van der Waals surface area contributed by atoms with Gasteiger partial charge < -0.3 is 15.6 Å². The van der Waals surface area contributed by atoms with E-state index in [2.05, 4.69) is 38.7 Å². The van der Waals surface area contributed by atoms with E-state index in [0.717, 1.165) is 58.8 Å². The molecule has 2 heterocycles. The number of piperidine rings is 1. The minimum absolute atomic E-state index is 0.107. The monoisotopic (exact) mass is 410 g/mol. The maximum Gasteiger partial charge on any atom is 0.234 e. The molecule has 0 saturated carbocycles. The third-order valence-electron chi connectivity index (χ3n) is 5.47. The van der Waals surface area contributed by atoms with Crippen molar-refractivity contribution in [3.63, 3.8) is 0 Å². The second kappa shape index (κ2) is 8.89. The zero-order valence-electron chi connectivity index (χ0n) is 16.7. The van der Waals surface area contributed by atoms with Gasteiger partial charge in [-0.1, -0.05) is 41.9 Å². The minimum Gasteiger partial charge on any atom is -0.380 e. The molecule has 1 aliphatic rings. The van der Waals surface area contributed by atoms with Crippen LogP contribution in [0.4, 0.5) is 5.69 Å². The maximum atomic E-state index is 11.8. The van der Waals surface area contributed by atoms with Crippen molar-refractivity contribution in [1.29, 1.82) is 0 Å². The number of hydrogen-bond acceptors (Lipinski definition) is 3. The number of likely N-dealkylation sites (N-methyl/N-ethyl adjacent to an activating group) is 1. The lowest BCUT2D eigenvalue weighted by atomic mass is 10.0. The van der Waals surface area contributed by atoms with Crippen molar-refractivity contribution >= 4 is 34.1 Å². The van der Waals surface area contributed by atoms with E-state index in [9.17, 15) is 4.79 Å². The van der Waals surface area contributed by atoms with E-state index < -0.39 is 0 Å². The molecule has 0 spiro atoms. The van der Waals surface area contributed by atoms with Gasteiger partial charge in [0.2, 0.25) is 5.91 Å². The van der Waals surface area contributed by atoms with Crippen molar-refractivity contribution < 1.29 is 4.79 Å². The first-order chi connectivity index (χ1) is 14.1. The molecule has 0 unspecified atom stereocenters. The quantitative estimate of drug-likeness (QED) is 0.560. The summed E-state index contributed by atoms with van der Waals surface area (Å²) in [6, 6.07) is 16.8. The Morgan fingerprint density at radius 2 is 1.93 bits per heavy atom. The van der Waals surface area contributed by atoms with Crippen LogP contribution in [0.1, 0.15) is 19.8 Å². The number of nitrogens with zero attached hydrogens (tertiary/aromatic N) is 1. The summed E-state index contributed by atoms with van der Waals surface area (Å²) < 4.78 is 0. The van der Waals surface area contributed by atoms with Crippen LogP contribution in [-0.4, -0.2) is 48.0 Å². The number of nitrogens with one attached hydrogen (secondary N) is 3. The zero-order chi connectivity index (χ0) is 20.2. The number of amides is 1. The zero-order valence-corrected chi connectivity index (χ0v) is 17.4. The fourth-order valence-electron chi connectivity index (χ4n) is 4.01. The molecule has 1 fully saturated rings. The van der Waals surface area contributed by atoms with E-state index in [1.54, 1.807) is 0 Å². The molecular formula is C23H27ClN4O. The topological polar surface area (TPSA) is 60.2 Å². The number of hydrogen-bond donors (Lipinski definition) is 3. The minimum atomic E-state index is 0.107. The van der Waals surface area contributed by atoms with E-state index in [1.807, 2.05) is 37.3 Å². The third kappa shape index (κ3) is 4.74. The molecule has 5 nitrogen and oxygen atoms in total. The smallest absolute Gasteiger partial charge is 0.234 e. The van der Waals surface area contributed by atoms with E-state index in [-0.39, 0.29) is 5.91 Å². The molecule has 0 aliphatic carbocycles. The molecule has 4 rings (SSSR count). The molecule has 0 atom stereocenters. The SMILES string of the molecule is CCNC(=O)CN1CCC(Nc2cc(Cl)cc3cc(-c4ccccc4)[nH]c23)CC1. The van der Waals surface area contributed by atoms with Gasteiger partial charge in [0.05, 0.1) is 17.7 Å². The summed E-state index contributed by atoms with van der Waals surface area (Å²) in [6.07, 6.45) is 2.00. The molecule has 1 saturated heterocycles. The highest BCUT2D eigenvalue weighted by Crippen LogP contribution is 2.33. The summed E-state index contributed by atoms with van der Waals surface area (Å²) in [4.78, 5) is 17.6. The standard InChI is InChI=1S/C23H27ClN4O/c1-2-25-22(29)15-28-10-8-19(9-11-28)26-21-14-18(24)12-17-13-20(27-23(17)21)16-6-4-3-5-7-16/h3-7,12-14,19,26-27H,2,8-11,15H2,1H3,(H,25,29). The molecule has 1 aromatic heterocycles. The summed E-state index contributed by atoms with van der Waals surface area (Å²) >= 11 is 6.40. The Kier molecular flexibility index (Phi) is 6.07. The first-order valence-electron chi connectivity index (χ1n) is 10.3. The normalized spacial score (nSPS) is 15.5. The van der Waals surface area contributed by atoms with Gasteiger partial charge in [-0.15, -0.1) is 0 Å². The van der Waals surface area contributed by atoms with Gasteiger partial charge in [-0.2, -0.15) is 0 Å². The van der Waals surface area contributed by atoms with E-state index in [1.165, 1.54) is 0 Å². The Morgan fingerprint density at radius 1 is 1.17 bits per heavy atom. The van der Waals surface area contributed by atoms with Crippen molar-refractivity contribution in [3.05, 3.63) is 53.6 Å². The summed E-state index contributed by atoms with van der Waals surface area (Å²) in [5, 5.41) is 8.39. The summed E-state index contributed by atoms with van der Waals surface area (Å²) in [7, 11) is 0. The molecule has 29 heavy (non-hydrogen) atoms. The van der Waals surface area contributed by atoms with E-state index >= 15 is 0 Å². The van der Waals surface area contributed by atoms with Crippen LogP contribution >= 0.6 is 11.6 Å². The second-order valence-electron chi connectivity index (χ2n) is 7.61. The summed E-state index contributed by atoms with van der Waals surface area (Å²) in [5.74, 6) is 0.107. The van der Waals surface area contributed by atoms with Gasteiger partial charge in [-0.25, -0.2) is 0 Å². The largest absolute Gasteiger partial charge is 0.380 e. The molecule has 3 N–H and O–H groups in total. The van der Waals surface area contributed by atoms with E-state index in [4.69, 9.17) is 11.6 Å². The number of aromatic nitrogens is 1. The predicted molar refractivity (Wildman–Crippen MR) is 121 cm³/mol. The Hall–Kier alpha value is -2.50. The lowest BCUT2D eigenvalue weighted by Gasteiger charge is -2.32. The summed E-state index contributed by atoms with van der Waals surface area (Å²) in [6.45, 7) is 4.95. The lowest BCUT2D eigenvalue weighted by molar-refractivity contribution is -0.122. The number of fused-ring (bicyclic) bond motifs is 1. The Morgan fingerprint density at radius 3 is 2.66 bits per heavy atom.